The first-order chi connectivity index (χ1) is 27.1. The SMILES string of the molecule is Cc1cccc(C2C3=CCC4C(=O)N(c5ccc(Nc6ccccc6)cc5)C(=O)C4C3CC3C(=O)N(Nc4ccc(F)cc4)C(=O)C32c2ccc(Cl)cc2)c1O. The number of hydrazine groups is 1. The highest BCUT2D eigenvalue weighted by Crippen LogP contribution is 2.65. The van der Waals surface area contributed by atoms with Crippen molar-refractivity contribution < 1.29 is 28.7 Å². The fourth-order valence-corrected chi connectivity index (χ4v) is 9.68. The van der Waals surface area contributed by atoms with Crippen LogP contribution in [-0.4, -0.2) is 33.7 Å². The Kier molecular flexibility index (Phi) is 8.54. The molecule has 0 spiro atoms. The molecule has 2 heterocycles. The zero-order valence-electron chi connectivity index (χ0n) is 30.2. The highest BCUT2D eigenvalue weighted by Gasteiger charge is 2.70. The summed E-state index contributed by atoms with van der Waals surface area (Å²) >= 11 is 6.38. The lowest BCUT2D eigenvalue weighted by atomic mass is 9.49. The number of para-hydroxylation sites is 2. The van der Waals surface area contributed by atoms with Gasteiger partial charge in [-0.15, -0.1) is 0 Å². The van der Waals surface area contributed by atoms with Crippen LogP contribution in [0, 0.1) is 36.4 Å². The van der Waals surface area contributed by atoms with E-state index in [-0.39, 0.29) is 30.4 Å². The molecular weight excluding hydrogens is 731 g/mol. The normalized spacial score (nSPS) is 25.4. The van der Waals surface area contributed by atoms with Gasteiger partial charge in [-0.25, -0.2) is 4.39 Å². The number of anilines is 4. The lowest BCUT2D eigenvalue weighted by Crippen LogP contribution is -2.53. The Morgan fingerprint density at radius 2 is 1.43 bits per heavy atom. The third-order valence-electron chi connectivity index (χ3n) is 12.0. The maximum atomic E-state index is 15.3. The summed E-state index contributed by atoms with van der Waals surface area (Å²) in [6.07, 6.45) is 2.26. The molecule has 4 amide bonds. The largest absolute Gasteiger partial charge is 0.507 e. The summed E-state index contributed by atoms with van der Waals surface area (Å²) < 4.78 is 13.9. The fourth-order valence-electron chi connectivity index (χ4n) is 9.55. The lowest BCUT2D eigenvalue weighted by Gasteiger charge is -2.50. The number of halogens is 2. The molecule has 280 valence electrons. The second kappa shape index (κ2) is 13.5. The number of aromatic hydroxyl groups is 1. The minimum Gasteiger partial charge on any atom is -0.507 e. The van der Waals surface area contributed by atoms with Gasteiger partial charge >= 0.3 is 0 Å². The van der Waals surface area contributed by atoms with Gasteiger partial charge in [0.2, 0.25) is 11.8 Å². The van der Waals surface area contributed by atoms with Gasteiger partial charge in [0.15, 0.2) is 0 Å². The maximum Gasteiger partial charge on any atom is 0.260 e. The molecule has 0 aromatic heterocycles. The summed E-state index contributed by atoms with van der Waals surface area (Å²) in [6, 6.07) is 34.2. The molecule has 0 radical (unpaired) electrons. The van der Waals surface area contributed by atoms with E-state index in [0.29, 0.717) is 38.7 Å². The fraction of sp³-hybridized carbons (Fsp3) is 0.200. The Bertz CT molecular complexity index is 2440. The molecule has 1 saturated carbocycles. The average Bonchev–Trinajstić information content (AvgIpc) is 3.58. The molecule has 3 fully saturated rings. The molecule has 9 nitrogen and oxygen atoms in total. The number of benzene rings is 5. The van der Waals surface area contributed by atoms with Crippen LogP contribution in [0.3, 0.4) is 0 Å². The predicted molar refractivity (Wildman–Crippen MR) is 211 cm³/mol. The number of hydrogen-bond donors (Lipinski definition) is 3. The second-order valence-corrected chi connectivity index (χ2v) is 15.4. The number of carbonyl (C=O) groups excluding carboxylic acids is 4. The van der Waals surface area contributed by atoms with Crippen LogP contribution >= 0.6 is 11.6 Å². The van der Waals surface area contributed by atoms with Crippen molar-refractivity contribution in [2.24, 2.45) is 23.7 Å². The van der Waals surface area contributed by atoms with E-state index < -0.39 is 52.6 Å². The first-order valence-corrected chi connectivity index (χ1v) is 18.9. The number of carbonyl (C=O) groups is 4. The van der Waals surface area contributed by atoms with Crippen molar-refractivity contribution in [1.82, 2.24) is 5.01 Å². The lowest BCUT2D eigenvalue weighted by molar-refractivity contribution is -0.138. The Hall–Kier alpha value is -6.26. The van der Waals surface area contributed by atoms with Gasteiger partial charge in [0.25, 0.3) is 11.8 Å². The number of phenols is 1. The standard InChI is InChI=1S/C45H36ClFN4O5/c1-25-6-5-9-35(40(25)52)39-33-22-23-34-38(43(55)50(41(34)53)32-20-18-30(19-21-32)48-29-7-3-2-4-8-29)36(33)24-37-42(54)51(49-31-16-14-28(47)15-17-31)44(56)45(37,39)26-10-12-27(46)13-11-26/h2-22,34,36-39,48-49,52H,23-24H2,1H3. The molecule has 9 rings (SSSR count). The number of nitrogens with zero attached hydrogens (tertiary/aromatic N) is 2. The van der Waals surface area contributed by atoms with Crippen LogP contribution in [0.15, 0.2) is 133 Å². The van der Waals surface area contributed by atoms with Crippen molar-refractivity contribution in [1.29, 1.82) is 0 Å². The number of fused-ring (bicyclic) bond motifs is 4. The predicted octanol–water partition coefficient (Wildman–Crippen LogP) is 8.43. The van der Waals surface area contributed by atoms with E-state index in [1.807, 2.05) is 48.5 Å². The van der Waals surface area contributed by atoms with Gasteiger partial charge in [-0.05, 0) is 110 Å². The molecule has 11 heteroatoms. The first kappa shape index (κ1) is 35.4. The number of nitrogens with one attached hydrogen (secondary N) is 2. The zero-order chi connectivity index (χ0) is 38.9. The van der Waals surface area contributed by atoms with E-state index in [1.165, 1.54) is 29.2 Å². The third kappa shape index (κ3) is 5.42. The highest BCUT2D eigenvalue weighted by atomic mass is 35.5. The van der Waals surface area contributed by atoms with Crippen molar-refractivity contribution >= 4 is 58.0 Å². The molecule has 2 aliphatic carbocycles. The van der Waals surface area contributed by atoms with Gasteiger partial charge in [0, 0.05) is 27.9 Å². The zero-order valence-corrected chi connectivity index (χ0v) is 30.9. The van der Waals surface area contributed by atoms with E-state index in [1.54, 1.807) is 61.5 Å². The molecule has 6 atom stereocenters. The summed E-state index contributed by atoms with van der Waals surface area (Å²) in [6.45, 7) is 1.76. The number of allylic oxidation sites excluding steroid dienone is 2. The van der Waals surface area contributed by atoms with Crippen LogP contribution in [0.5, 0.6) is 5.75 Å². The molecular formula is C45H36ClFN4O5. The van der Waals surface area contributed by atoms with Crippen LogP contribution in [0.25, 0.3) is 0 Å². The van der Waals surface area contributed by atoms with E-state index in [0.717, 1.165) is 16.4 Å². The van der Waals surface area contributed by atoms with Crippen LogP contribution < -0.4 is 15.6 Å². The van der Waals surface area contributed by atoms with E-state index in [4.69, 9.17) is 11.6 Å². The van der Waals surface area contributed by atoms with Gasteiger partial charge in [-0.2, -0.15) is 5.01 Å². The molecule has 6 unspecified atom stereocenters. The van der Waals surface area contributed by atoms with Gasteiger partial charge < -0.3 is 10.4 Å². The Labute approximate surface area is 327 Å². The van der Waals surface area contributed by atoms with E-state index >= 15 is 4.79 Å². The van der Waals surface area contributed by atoms with Crippen LogP contribution in [0.2, 0.25) is 5.02 Å². The van der Waals surface area contributed by atoms with Gasteiger partial charge in [0.1, 0.15) is 11.6 Å². The number of phenolic OH excluding ortho intramolecular Hbond substituents is 1. The van der Waals surface area contributed by atoms with Crippen LogP contribution in [0.4, 0.5) is 27.1 Å². The summed E-state index contributed by atoms with van der Waals surface area (Å²) in [5, 5.41) is 16.5. The number of rotatable bonds is 7. The van der Waals surface area contributed by atoms with Gasteiger partial charge in [-0.3, -0.25) is 29.5 Å². The van der Waals surface area contributed by atoms with Crippen molar-refractivity contribution in [3.63, 3.8) is 0 Å². The molecule has 2 aliphatic heterocycles. The van der Waals surface area contributed by atoms with Crippen LogP contribution in [0.1, 0.15) is 35.4 Å². The molecule has 0 bridgehead atoms. The minimum absolute atomic E-state index is 0.0295. The third-order valence-corrected chi connectivity index (χ3v) is 12.3. The molecule has 5 aromatic rings. The van der Waals surface area contributed by atoms with Crippen molar-refractivity contribution in [2.75, 3.05) is 15.6 Å². The second-order valence-electron chi connectivity index (χ2n) is 14.9. The smallest absolute Gasteiger partial charge is 0.260 e. The maximum absolute atomic E-state index is 15.3. The summed E-state index contributed by atoms with van der Waals surface area (Å²) in [4.78, 5) is 60.3. The quantitative estimate of drug-likeness (QED) is 0.112. The van der Waals surface area contributed by atoms with Crippen molar-refractivity contribution in [2.45, 2.75) is 31.1 Å². The summed E-state index contributed by atoms with van der Waals surface area (Å²) in [5.74, 6) is -6.37. The molecule has 5 aromatic carbocycles. The number of hydrogen-bond acceptors (Lipinski definition) is 7. The summed E-state index contributed by atoms with van der Waals surface area (Å²) in [7, 11) is 0. The average molecular weight is 767 g/mol. The molecule has 56 heavy (non-hydrogen) atoms. The van der Waals surface area contributed by atoms with Gasteiger partial charge in [0.05, 0.1) is 34.5 Å². The van der Waals surface area contributed by atoms with E-state index in [2.05, 4.69) is 10.7 Å². The minimum atomic E-state index is -1.60. The molecule has 2 saturated heterocycles. The Morgan fingerprint density at radius 1 is 0.750 bits per heavy atom. The topological polar surface area (TPSA) is 119 Å². The monoisotopic (exact) mass is 766 g/mol. The molecule has 4 aliphatic rings. The van der Waals surface area contributed by atoms with Gasteiger partial charge in [-0.1, -0.05) is 71.8 Å². The first-order valence-electron chi connectivity index (χ1n) is 18.5. The Morgan fingerprint density at radius 3 is 2.14 bits per heavy atom. The molecule has 3 N–H and O–H groups in total. The van der Waals surface area contributed by atoms with Crippen molar-refractivity contribution in [3.05, 3.63) is 161 Å². The summed E-state index contributed by atoms with van der Waals surface area (Å²) in [5.41, 5.74) is 6.03. The Balaban J connectivity index is 1.16. The van der Waals surface area contributed by atoms with Crippen molar-refractivity contribution in [3.8, 4) is 5.75 Å². The van der Waals surface area contributed by atoms with Crippen LogP contribution in [-0.2, 0) is 24.6 Å². The highest BCUT2D eigenvalue weighted by molar-refractivity contribution is 6.30. The van der Waals surface area contributed by atoms with E-state index in [9.17, 15) is 23.9 Å². The number of aryl methyl sites for hydroxylation is 1. The number of amides is 4. The number of imide groups is 2.